The summed E-state index contributed by atoms with van der Waals surface area (Å²) in [6.07, 6.45) is 5.23. The van der Waals surface area contributed by atoms with Crippen LogP contribution in [0.15, 0.2) is 0 Å². The first-order valence-electron chi connectivity index (χ1n) is 8.32. The van der Waals surface area contributed by atoms with Crippen molar-refractivity contribution in [1.82, 2.24) is 15.1 Å². The Morgan fingerprint density at radius 1 is 1.40 bits per heavy atom. The van der Waals surface area contributed by atoms with E-state index in [-0.39, 0.29) is 0 Å². The third kappa shape index (κ3) is 4.42. The van der Waals surface area contributed by atoms with Crippen LogP contribution in [0.3, 0.4) is 0 Å². The first-order valence-corrected chi connectivity index (χ1v) is 8.32. The van der Waals surface area contributed by atoms with Gasteiger partial charge in [-0.15, -0.1) is 0 Å². The molecule has 0 aromatic carbocycles. The van der Waals surface area contributed by atoms with E-state index in [1.807, 2.05) is 0 Å². The van der Waals surface area contributed by atoms with E-state index in [2.05, 4.69) is 36.1 Å². The van der Waals surface area contributed by atoms with Crippen molar-refractivity contribution >= 4 is 0 Å². The zero-order valence-corrected chi connectivity index (χ0v) is 13.7. The zero-order valence-electron chi connectivity index (χ0n) is 13.7. The maximum Gasteiger partial charge on any atom is 0.0546 e. The molecule has 2 saturated heterocycles. The third-order valence-electron chi connectivity index (χ3n) is 4.95. The average Bonchev–Trinajstić information content (AvgIpc) is 2.83. The van der Waals surface area contributed by atoms with Gasteiger partial charge >= 0.3 is 0 Å². The molecule has 4 heteroatoms. The fourth-order valence-corrected chi connectivity index (χ4v) is 3.83. The Bertz CT molecular complexity index is 279. The Morgan fingerprint density at radius 3 is 2.85 bits per heavy atom. The summed E-state index contributed by atoms with van der Waals surface area (Å²) in [5, 5.41) is 3.55. The summed E-state index contributed by atoms with van der Waals surface area (Å²) in [7, 11) is 4.55. The topological polar surface area (TPSA) is 27.7 Å². The number of rotatable bonds is 7. The number of likely N-dealkylation sites (tertiary alicyclic amines) is 1. The molecule has 0 saturated carbocycles. The van der Waals surface area contributed by atoms with Crippen molar-refractivity contribution < 1.29 is 4.74 Å². The highest BCUT2D eigenvalue weighted by Gasteiger charge is 2.34. The lowest BCUT2D eigenvalue weighted by Gasteiger charge is -2.41. The zero-order chi connectivity index (χ0) is 14.4. The number of likely N-dealkylation sites (N-methyl/N-ethyl adjacent to an activating group) is 2. The molecule has 4 nitrogen and oxygen atoms in total. The van der Waals surface area contributed by atoms with Crippen molar-refractivity contribution in [2.24, 2.45) is 5.41 Å². The number of nitrogens with zero attached hydrogens (tertiary/aromatic N) is 2. The SMILES string of the molecule is CCNCC1(CN(C)CC2CCCN2C)CCCOC1. The maximum atomic E-state index is 5.80. The molecule has 2 rings (SSSR count). The molecule has 2 heterocycles. The van der Waals surface area contributed by atoms with E-state index in [9.17, 15) is 0 Å². The van der Waals surface area contributed by atoms with Crippen LogP contribution in [-0.4, -0.2) is 75.9 Å². The van der Waals surface area contributed by atoms with E-state index in [4.69, 9.17) is 4.74 Å². The number of nitrogens with one attached hydrogen (secondary N) is 1. The Balaban J connectivity index is 1.85. The monoisotopic (exact) mass is 283 g/mol. The van der Waals surface area contributed by atoms with Crippen LogP contribution in [0, 0.1) is 5.41 Å². The first-order chi connectivity index (χ1) is 9.65. The van der Waals surface area contributed by atoms with E-state index in [1.165, 1.54) is 38.8 Å². The van der Waals surface area contributed by atoms with Crippen molar-refractivity contribution in [3.63, 3.8) is 0 Å². The Hall–Kier alpha value is -0.160. The van der Waals surface area contributed by atoms with Gasteiger partial charge in [0.05, 0.1) is 6.61 Å². The number of ether oxygens (including phenoxy) is 1. The van der Waals surface area contributed by atoms with Gasteiger partial charge in [0.1, 0.15) is 0 Å². The minimum Gasteiger partial charge on any atom is -0.381 e. The highest BCUT2D eigenvalue weighted by Crippen LogP contribution is 2.29. The molecule has 20 heavy (non-hydrogen) atoms. The molecule has 0 radical (unpaired) electrons. The lowest BCUT2D eigenvalue weighted by atomic mass is 9.81. The molecule has 0 bridgehead atoms. The average molecular weight is 283 g/mol. The second-order valence-corrected chi connectivity index (χ2v) is 6.91. The van der Waals surface area contributed by atoms with Gasteiger partial charge < -0.3 is 19.9 Å². The van der Waals surface area contributed by atoms with Crippen molar-refractivity contribution in [3.05, 3.63) is 0 Å². The minimum absolute atomic E-state index is 0.320. The highest BCUT2D eigenvalue weighted by molar-refractivity contribution is 4.88. The minimum atomic E-state index is 0.320. The molecule has 2 unspecified atom stereocenters. The van der Waals surface area contributed by atoms with Crippen molar-refractivity contribution in [1.29, 1.82) is 0 Å². The van der Waals surface area contributed by atoms with Crippen molar-refractivity contribution in [2.45, 2.75) is 38.6 Å². The van der Waals surface area contributed by atoms with Crippen LogP contribution in [0.2, 0.25) is 0 Å². The molecule has 2 aliphatic rings. The van der Waals surface area contributed by atoms with Gasteiger partial charge in [-0.05, 0) is 52.9 Å². The van der Waals surface area contributed by atoms with Gasteiger partial charge in [0.15, 0.2) is 0 Å². The van der Waals surface area contributed by atoms with Gasteiger partial charge in [-0.1, -0.05) is 6.92 Å². The Morgan fingerprint density at radius 2 is 2.25 bits per heavy atom. The molecule has 0 aromatic heterocycles. The Labute approximate surface area is 124 Å². The van der Waals surface area contributed by atoms with Crippen LogP contribution in [0.1, 0.15) is 32.6 Å². The molecule has 0 aliphatic carbocycles. The molecular weight excluding hydrogens is 250 g/mol. The molecule has 0 aromatic rings. The fraction of sp³-hybridized carbons (Fsp3) is 1.00. The molecule has 118 valence electrons. The van der Waals surface area contributed by atoms with Crippen LogP contribution in [-0.2, 0) is 4.74 Å². The van der Waals surface area contributed by atoms with Crippen LogP contribution in [0.4, 0.5) is 0 Å². The molecule has 1 N–H and O–H groups in total. The number of hydrogen-bond donors (Lipinski definition) is 1. The van der Waals surface area contributed by atoms with Gasteiger partial charge in [0.2, 0.25) is 0 Å². The maximum absolute atomic E-state index is 5.80. The predicted molar refractivity (Wildman–Crippen MR) is 84.2 cm³/mol. The molecule has 0 spiro atoms. The molecular formula is C16H33N3O. The Kier molecular flexibility index (Phi) is 6.27. The second kappa shape index (κ2) is 7.74. The van der Waals surface area contributed by atoms with Crippen molar-refractivity contribution in [2.75, 3.05) is 60.0 Å². The van der Waals surface area contributed by atoms with Gasteiger partial charge in [-0.2, -0.15) is 0 Å². The van der Waals surface area contributed by atoms with E-state index >= 15 is 0 Å². The van der Waals surface area contributed by atoms with Crippen LogP contribution in [0.5, 0.6) is 0 Å². The normalized spacial score (nSPS) is 32.1. The standard InChI is InChI=1S/C16H33N3O/c1-4-17-12-16(8-6-10-20-14-16)13-18(2)11-15-7-5-9-19(15)3/h15,17H,4-14H2,1-3H3. The predicted octanol–water partition coefficient (Wildman–Crippen LogP) is 1.42. The third-order valence-corrected chi connectivity index (χ3v) is 4.95. The summed E-state index contributed by atoms with van der Waals surface area (Å²) in [5.74, 6) is 0. The largest absolute Gasteiger partial charge is 0.381 e. The molecule has 2 fully saturated rings. The summed E-state index contributed by atoms with van der Waals surface area (Å²) in [5.41, 5.74) is 0.320. The second-order valence-electron chi connectivity index (χ2n) is 6.91. The smallest absolute Gasteiger partial charge is 0.0546 e. The highest BCUT2D eigenvalue weighted by atomic mass is 16.5. The summed E-state index contributed by atoms with van der Waals surface area (Å²) >= 11 is 0. The summed E-state index contributed by atoms with van der Waals surface area (Å²) in [6.45, 7) is 9.83. The molecule has 2 aliphatic heterocycles. The number of hydrogen-bond acceptors (Lipinski definition) is 4. The molecule has 2 atom stereocenters. The fourth-order valence-electron chi connectivity index (χ4n) is 3.83. The van der Waals surface area contributed by atoms with E-state index < -0.39 is 0 Å². The van der Waals surface area contributed by atoms with E-state index in [0.717, 1.165) is 38.9 Å². The quantitative estimate of drug-likeness (QED) is 0.765. The van der Waals surface area contributed by atoms with E-state index in [0.29, 0.717) is 5.41 Å². The van der Waals surface area contributed by atoms with Gasteiger partial charge in [-0.25, -0.2) is 0 Å². The van der Waals surface area contributed by atoms with Crippen LogP contribution < -0.4 is 5.32 Å². The van der Waals surface area contributed by atoms with Crippen LogP contribution in [0.25, 0.3) is 0 Å². The van der Waals surface area contributed by atoms with E-state index in [1.54, 1.807) is 0 Å². The summed E-state index contributed by atoms with van der Waals surface area (Å²) in [6, 6.07) is 0.751. The van der Waals surface area contributed by atoms with Gasteiger partial charge in [-0.3, -0.25) is 0 Å². The lowest BCUT2D eigenvalue weighted by Crippen LogP contribution is -2.50. The van der Waals surface area contributed by atoms with Crippen LogP contribution >= 0.6 is 0 Å². The lowest BCUT2D eigenvalue weighted by molar-refractivity contribution is -0.0244. The summed E-state index contributed by atoms with van der Waals surface area (Å²) in [4.78, 5) is 5.06. The van der Waals surface area contributed by atoms with Gasteiger partial charge in [0.25, 0.3) is 0 Å². The molecule has 0 amide bonds. The van der Waals surface area contributed by atoms with Gasteiger partial charge in [0, 0.05) is 37.7 Å². The van der Waals surface area contributed by atoms with Crippen molar-refractivity contribution in [3.8, 4) is 0 Å². The summed E-state index contributed by atoms with van der Waals surface area (Å²) < 4.78 is 5.80. The first kappa shape index (κ1) is 16.2.